The lowest BCUT2D eigenvalue weighted by molar-refractivity contribution is -0.234. The Balaban J connectivity index is 1.58. The van der Waals surface area contributed by atoms with Crippen molar-refractivity contribution in [2.24, 2.45) is 26.9 Å². The third kappa shape index (κ3) is 8.22. The molecule has 0 saturated heterocycles. The highest BCUT2D eigenvalue weighted by Crippen LogP contribution is 2.39. The van der Waals surface area contributed by atoms with Crippen LogP contribution >= 0.6 is 11.6 Å². The predicted molar refractivity (Wildman–Crippen MR) is 192 cm³/mol. The number of nitrogens with two attached hydrogens (primary N) is 1. The van der Waals surface area contributed by atoms with Crippen LogP contribution in [0.2, 0.25) is 0 Å². The fourth-order valence-electron chi connectivity index (χ4n) is 5.73. The van der Waals surface area contributed by atoms with Crippen molar-refractivity contribution in [2.75, 3.05) is 29.6 Å². The Bertz CT molecular complexity index is 2020. The summed E-state index contributed by atoms with van der Waals surface area (Å²) in [5, 5.41) is 15.2. The van der Waals surface area contributed by atoms with E-state index in [2.05, 4.69) is 21.4 Å². The standard InChI is InChI=1S/C34H40ClF3N10O4/c1-6-21-7-8-22(13-20(21)2)33(52)48(34(36,37)38,42-12-10-35)25-16-28(47(5)19-25)32(51)44-24-15-27(46(4)18-24)31(50)43-23-14-26(45(3)17-23)30(49)41-11-9-29(39)40/h7-8,13-19,42H,6,9-12H2,1-5H3,(H5-,39,40,41,43,44,49,50,51)/p+1. The molecule has 0 radical (unpaired) electrons. The molecule has 52 heavy (non-hydrogen) atoms. The molecular formula is C34H41ClF3N10O4+. The lowest BCUT2D eigenvalue weighted by Gasteiger charge is -2.34. The summed E-state index contributed by atoms with van der Waals surface area (Å²) in [5.74, 6) is -3.41. The van der Waals surface area contributed by atoms with Crippen LogP contribution in [0.15, 0.2) is 55.0 Å². The van der Waals surface area contributed by atoms with E-state index in [9.17, 15) is 19.2 Å². The van der Waals surface area contributed by atoms with Crippen LogP contribution < -0.4 is 31.7 Å². The number of anilines is 2. The van der Waals surface area contributed by atoms with Crippen LogP contribution in [0.3, 0.4) is 0 Å². The summed E-state index contributed by atoms with van der Waals surface area (Å²) in [4.78, 5) is 53.0. The number of nitrogens with zero attached hydrogens (tertiary/aromatic N) is 4. The monoisotopic (exact) mass is 745 g/mol. The second-order valence-corrected chi connectivity index (χ2v) is 12.5. The van der Waals surface area contributed by atoms with Gasteiger partial charge in [-0.15, -0.1) is 30.2 Å². The second-order valence-electron chi connectivity index (χ2n) is 12.1. The van der Waals surface area contributed by atoms with E-state index in [-0.39, 0.29) is 59.6 Å². The highest BCUT2D eigenvalue weighted by atomic mass is 35.5. The van der Waals surface area contributed by atoms with Gasteiger partial charge >= 0.3 is 12.2 Å². The van der Waals surface area contributed by atoms with Gasteiger partial charge in [0.15, 0.2) is 5.69 Å². The van der Waals surface area contributed by atoms with Gasteiger partial charge in [0, 0.05) is 58.4 Å². The molecule has 1 atom stereocenters. The lowest BCUT2D eigenvalue weighted by atomic mass is 10.0. The molecule has 3 heterocycles. The molecular weight excluding hydrogens is 705 g/mol. The zero-order chi connectivity index (χ0) is 38.5. The van der Waals surface area contributed by atoms with Crippen LogP contribution in [0.25, 0.3) is 0 Å². The minimum Gasteiger partial charge on any atom is -0.388 e. The highest BCUT2D eigenvalue weighted by Gasteiger charge is 2.64. The smallest absolute Gasteiger partial charge is 0.388 e. The van der Waals surface area contributed by atoms with E-state index in [0.717, 1.165) is 17.8 Å². The molecule has 1 aromatic carbocycles. The number of nitrogens with one attached hydrogen (secondary N) is 5. The Hall–Kier alpha value is -5.39. The van der Waals surface area contributed by atoms with Crippen LogP contribution in [-0.2, 0) is 27.6 Å². The molecule has 1 unspecified atom stereocenters. The second kappa shape index (κ2) is 15.9. The van der Waals surface area contributed by atoms with E-state index in [1.54, 1.807) is 27.1 Å². The number of rotatable bonds is 14. The van der Waals surface area contributed by atoms with E-state index in [4.69, 9.17) is 22.7 Å². The minimum absolute atomic E-state index is 0.0689. The average Bonchev–Trinajstić information content (AvgIpc) is 3.75. The first kappa shape index (κ1) is 39.4. The van der Waals surface area contributed by atoms with Gasteiger partial charge in [-0.25, -0.2) is 4.79 Å². The zero-order valence-corrected chi connectivity index (χ0v) is 30.0. The Kier molecular flexibility index (Phi) is 12.0. The maximum atomic E-state index is 15.1. The van der Waals surface area contributed by atoms with Gasteiger partial charge in [0.1, 0.15) is 17.1 Å². The number of quaternary nitrogens is 1. The molecule has 4 amide bonds. The Morgan fingerprint density at radius 3 is 1.88 bits per heavy atom. The van der Waals surface area contributed by atoms with E-state index < -0.39 is 40.2 Å². The third-order valence-corrected chi connectivity index (χ3v) is 8.57. The average molecular weight is 746 g/mol. The first-order valence-electron chi connectivity index (χ1n) is 16.1. The number of halogens is 4. The zero-order valence-electron chi connectivity index (χ0n) is 29.2. The summed E-state index contributed by atoms with van der Waals surface area (Å²) in [7, 11) is 4.55. The Morgan fingerprint density at radius 1 is 0.846 bits per heavy atom. The summed E-state index contributed by atoms with van der Waals surface area (Å²) in [6, 6.07) is 8.19. The first-order valence-corrected chi connectivity index (χ1v) is 16.6. The van der Waals surface area contributed by atoms with Crippen molar-refractivity contribution >= 4 is 58.1 Å². The van der Waals surface area contributed by atoms with E-state index in [0.29, 0.717) is 17.7 Å². The number of carbonyl (C=O) groups excluding carboxylic acids is 4. The van der Waals surface area contributed by atoms with Crippen molar-refractivity contribution in [2.45, 2.75) is 33.0 Å². The quantitative estimate of drug-likeness (QED) is 0.0275. The molecule has 3 aromatic heterocycles. The number of benzene rings is 1. The van der Waals surface area contributed by atoms with Crippen molar-refractivity contribution in [3.63, 3.8) is 0 Å². The van der Waals surface area contributed by atoms with Crippen LogP contribution in [-0.4, -0.2) is 68.4 Å². The van der Waals surface area contributed by atoms with Crippen molar-refractivity contribution in [1.29, 1.82) is 5.41 Å². The third-order valence-electron chi connectivity index (χ3n) is 8.38. The molecule has 18 heteroatoms. The fourth-order valence-corrected chi connectivity index (χ4v) is 5.81. The number of aromatic nitrogens is 3. The summed E-state index contributed by atoms with van der Waals surface area (Å²) in [5.41, 5.74) is 9.05. The van der Waals surface area contributed by atoms with Gasteiger partial charge in [0.05, 0.1) is 35.5 Å². The molecule has 7 N–H and O–H groups in total. The van der Waals surface area contributed by atoms with Gasteiger partial charge in [0.25, 0.3) is 17.7 Å². The molecule has 0 aliphatic heterocycles. The number of hydrogen-bond donors (Lipinski definition) is 6. The molecule has 0 spiro atoms. The molecule has 0 bridgehead atoms. The van der Waals surface area contributed by atoms with Crippen molar-refractivity contribution in [3.8, 4) is 0 Å². The first-order chi connectivity index (χ1) is 24.4. The van der Waals surface area contributed by atoms with Crippen LogP contribution in [0, 0.1) is 12.3 Å². The Morgan fingerprint density at radius 2 is 1.38 bits per heavy atom. The molecule has 0 fully saturated rings. The minimum atomic E-state index is -5.20. The molecule has 0 saturated carbocycles. The lowest BCUT2D eigenvalue weighted by Crippen LogP contribution is -2.71. The van der Waals surface area contributed by atoms with Crippen LogP contribution in [0.1, 0.15) is 66.3 Å². The maximum Gasteiger partial charge on any atom is 0.592 e. The number of hydrogen-bond acceptors (Lipinski definition) is 6. The number of amidine groups is 1. The van der Waals surface area contributed by atoms with Crippen molar-refractivity contribution in [1.82, 2.24) is 29.0 Å². The summed E-state index contributed by atoms with van der Waals surface area (Å²) in [6.45, 7) is 3.39. The van der Waals surface area contributed by atoms with Gasteiger partial charge in [0.2, 0.25) is 0 Å². The summed E-state index contributed by atoms with van der Waals surface area (Å²) < 4.78 is 47.2. The summed E-state index contributed by atoms with van der Waals surface area (Å²) >= 11 is 5.79. The molecule has 278 valence electrons. The fraction of sp³-hybridized carbons (Fsp3) is 0.324. The molecule has 0 aliphatic carbocycles. The van der Waals surface area contributed by atoms with Gasteiger partial charge in [-0.2, -0.15) is 0 Å². The largest absolute Gasteiger partial charge is 0.592 e. The van der Waals surface area contributed by atoms with E-state index >= 15 is 13.2 Å². The summed E-state index contributed by atoms with van der Waals surface area (Å²) in [6.07, 6.45) is -0.353. The van der Waals surface area contributed by atoms with Gasteiger partial charge in [-0.1, -0.05) is 17.6 Å². The molecule has 0 aliphatic rings. The van der Waals surface area contributed by atoms with Gasteiger partial charge < -0.3 is 35.4 Å². The maximum absolute atomic E-state index is 15.1. The van der Waals surface area contributed by atoms with E-state index in [1.165, 1.54) is 57.4 Å². The van der Waals surface area contributed by atoms with Crippen LogP contribution in [0.5, 0.6) is 0 Å². The predicted octanol–water partition coefficient (Wildman–Crippen LogP) is 4.54. The number of aryl methyl sites for hydroxylation is 5. The number of carbonyl (C=O) groups is 4. The van der Waals surface area contributed by atoms with Gasteiger partial charge in [-0.3, -0.25) is 19.8 Å². The van der Waals surface area contributed by atoms with Crippen molar-refractivity contribution in [3.05, 3.63) is 88.8 Å². The topological polar surface area (TPSA) is 181 Å². The normalized spacial score (nSPS) is 12.6. The Labute approximate surface area is 302 Å². The molecule has 4 rings (SSSR count). The number of amides is 4. The molecule has 4 aromatic rings. The SMILES string of the molecule is CCc1ccc(C(=O)[N+](NCCCl)(c2cc(C(=O)Nc3cc(C(=O)Nc4cc(C(=O)NCCC(=N)N)n(C)c4)n(C)c3)n(C)c2)C(F)(F)F)cc1C. The van der Waals surface area contributed by atoms with Crippen LogP contribution in [0.4, 0.5) is 30.2 Å². The van der Waals surface area contributed by atoms with E-state index in [1.807, 2.05) is 6.92 Å². The number of alkyl halides is 4. The van der Waals surface area contributed by atoms with Crippen molar-refractivity contribution < 1.29 is 32.3 Å². The highest BCUT2D eigenvalue weighted by molar-refractivity contribution is 6.18. The van der Waals surface area contributed by atoms with Gasteiger partial charge in [-0.05, 0) is 48.7 Å². The molecule has 14 nitrogen and oxygen atoms in total.